The van der Waals surface area contributed by atoms with E-state index in [4.69, 9.17) is 9.47 Å². The molecule has 1 amide bonds. The van der Waals surface area contributed by atoms with E-state index in [9.17, 15) is 4.79 Å². The number of fused-ring (bicyclic) bond motifs is 1. The third-order valence-electron chi connectivity index (χ3n) is 4.31. The molecule has 2 aromatic carbocycles. The van der Waals surface area contributed by atoms with Gasteiger partial charge >= 0.3 is 0 Å². The highest BCUT2D eigenvalue weighted by atomic mass is 16.7. The lowest BCUT2D eigenvalue weighted by molar-refractivity contribution is 0.102. The first-order valence-electron chi connectivity index (χ1n) is 8.80. The molecule has 1 aliphatic heterocycles. The van der Waals surface area contributed by atoms with Crippen LogP contribution in [0.25, 0.3) is 0 Å². The Morgan fingerprint density at radius 2 is 1.71 bits per heavy atom. The maximum absolute atomic E-state index is 12.4. The van der Waals surface area contributed by atoms with E-state index in [1.807, 2.05) is 61.5 Å². The van der Waals surface area contributed by atoms with Gasteiger partial charge in [-0.3, -0.25) is 4.79 Å². The van der Waals surface area contributed by atoms with Gasteiger partial charge in [-0.15, -0.1) is 0 Å². The van der Waals surface area contributed by atoms with E-state index in [0.717, 1.165) is 22.8 Å². The highest BCUT2D eigenvalue weighted by Gasteiger charge is 2.13. The van der Waals surface area contributed by atoms with Crippen LogP contribution in [-0.2, 0) is 0 Å². The number of hydrogen-bond acceptors (Lipinski definition) is 6. The summed E-state index contributed by atoms with van der Waals surface area (Å²) in [7, 11) is 3.94. The molecular weight excluding hydrogens is 356 g/mol. The maximum atomic E-state index is 12.4. The normalized spacial score (nSPS) is 11.8. The largest absolute Gasteiger partial charge is 0.454 e. The van der Waals surface area contributed by atoms with E-state index in [2.05, 4.69) is 15.6 Å². The number of carbonyl (C=O) groups excluding carboxylic acids is 1. The number of aromatic nitrogens is 1. The van der Waals surface area contributed by atoms with Crippen LogP contribution in [0, 0.1) is 0 Å². The predicted octanol–water partition coefficient (Wildman–Crippen LogP) is 3.87. The molecule has 0 unspecified atom stereocenters. The fourth-order valence-electron chi connectivity index (χ4n) is 2.77. The van der Waals surface area contributed by atoms with Gasteiger partial charge in [0.05, 0.1) is 5.56 Å². The molecule has 2 heterocycles. The van der Waals surface area contributed by atoms with Gasteiger partial charge in [0.25, 0.3) is 5.91 Å². The van der Waals surface area contributed by atoms with Crippen LogP contribution in [0.2, 0.25) is 0 Å². The third kappa shape index (κ3) is 3.83. The Balaban J connectivity index is 1.40. The Labute approximate surface area is 162 Å². The number of benzene rings is 2. The molecular formula is C21H20N4O3. The first kappa shape index (κ1) is 17.7. The molecule has 7 heteroatoms. The van der Waals surface area contributed by atoms with Crippen LogP contribution < -0.4 is 25.0 Å². The summed E-state index contributed by atoms with van der Waals surface area (Å²) in [5, 5.41) is 6.06. The van der Waals surface area contributed by atoms with Crippen molar-refractivity contribution in [3.63, 3.8) is 0 Å². The first-order valence-corrected chi connectivity index (χ1v) is 8.80. The van der Waals surface area contributed by atoms with Crippen LogP contribution in [0.3, 0.4) is 0 Å². The Morgan fingerprint density at radius 3 is 2.43 bits per heavy atom. The van der Waals surface area contributed by atoms with Crippen molar-refractivity contribution in [1.29, 1.82) is 0 Å². The van der Waals surface area contributed by atoms with Crippen molar-refractivity contribution in [2.75, 3.05) is 36.4 Å². The molecule has 0 fully saturated rings. The summed E-state index contributed by atoms with van der Waals surface area (Å²) in [6.07, 6.45) is 1.54. The molecule has 0 saturated heterocycles. The number of hydrogen-bond donors (Lipinski definition) is 2. The van der Waals surface area contributed by atoms with Crippen molar-refractivity contribution in [3.8, 4) is 11.5 Å². The molecule has 142 valence electrons. The van der Waals surface area contributed by atoms with Gasteiger partial charge in [0.1, 0.15) is 5.82 Å². The number of rotatable bonds is 5. The standard InChI is InChI=1S/C21H20N4O3/c1-25(2)17-7-4-15(5-8-17)24-21(26)14-3-10-20(22-12-14)23-16-6-9-18-19(11-16)28-13-27-18/h3-12H,13H2,1-2H3,(H,22,23)(H,24,26). The summed E-state index contributed by atoms with van der Waals surface area (Å²) in [6, 6.07) is 16.7. The molecule has 0 atom stereocenters. The molecule has 3 aromatic rings. The summed E-state index contributed by atoms with van der Waals surface area (Å²) >= 11 is 0. The Kier molecular flexibility index (Phi) is 4.72. The average Bonchev–Trinajstić information content (AvgIpc) is 3.17. The molecule has 1 aromatic heterocycles. The number of nitrogens with zero attached hydrogens (tertiary/aromatic N) is 2. The van der Waals surface area contributed by atoms with Crippen molar-refractivity contribution < 1.29 is 14.3 Å². The molecule has 0 saturated carbocycles. The molecule has 4 rings (SSSR count). The summed E-state index contributed by atoms with van der Waals surface area (Å²) in [5.41, 5.74) is 3.11. The molecule has 28 heavy (non-hydrogen) atoms. The molecule has 2 N–H and O–H groups in total. The Hall–Kier alpha value is -3.74. The summed E-state index contributed by atoms with van der Waals surface area (Å²) < 4.78 is 10.7. The number of amides is 1. The number of ether oxygens (including phenoxy) is 2. The lowest BCUT2D eigenvalue weighted by Crippen LogP contribution is -2.13. The fourth-order valence-corrected chi connectivity index (χ4v) is 2.77. The van der Waals surface area contributed by atoms with Crippen LogP contribution in [0.15, 0.2) is 60.8 Å². The lowest BCUT2D eigenvalue weighted by atomic mass is 10.2. The molecule has 0 bridgehead atoms. The number of nitrogens with one attached hydrogen (secondary N) is 2. The van der Waals surface area contributed by atoms with Gasteiger partial charge in [-0.1, -0.05) is 0 Å². The van der Waals surface area contributed by atoms with E-state index in [1.54, 1.807) is 18.3 Å². The van der Waals surface area contributed by atoms with E-state index in [0.29, 0.717) is 17.1 Å². The summed E-state index contributed by atoms with van der Waals surface area (Å²) in [4.78, 5) is 18.7. The second kappa shape index (κ2) is 7.48. The monoisotopic (exact) mass is 376 g/mol. The van der Waals surface area contributed by atoms with Crippen molar-refractivity contribution >= 4 is 28.8 Å². The highest BCUT2D eigenvalue weighted by Crippen LogP contribution is 2.34. The van der Waals surface area contributed by atoms with Gasteiger partial charge in [0.15, 0.2) is 11.5 Å². The smallest absolute Gasteiger partial charge is 0.257 e. The van der Waals surface area contributed by atoms with Gasteiger partial charge in [-0.2, -0.15) is 0 Å². The van der Waals surface area contributed by atoms with Gasteiger partial charge in [0, 0.05) is 43.4 Å². The van der Waals surface area contributed by atoms with Crippen LogP contribution in [0.4, 0.5) is 22.9 Å². The predicted molar refractivity (Wildman–Crippen MR) is 109 cm³/mol. The van der Waals surface area contributed by atoms with Crippen molar-refractivity contribution in [1.82, 2.24) is 4.98 Å². The topological polar surface area (TPSA) is 75.7 Å². The zero-order chi connectivity index (χ0) is 19.5. The molecule has 7 nitrogen and oxygen atoms in total. The minimum atomic E-state index is -0.209. The van der Waals surface area contributed by atoms with Crippen molar-refractivity contribution in [3.05, 3.63) is 66.4 Å². The van der Waals surface area contributed by atoms with Crippen LogP contribution >= 0.6 is 0 Å². The Bertz CT molecular complexity index is 986. The highest BCUT2D eigenvalue weighted by molar-refractivity contribution is 6.04. The van der Waals surface area contributed by atoms with Gasteiger partial charge in [0.2, 0.25) is 6.79 Å². The minimum absolute atomic E-state index is 0.209. The average molecular weight is 376 g/mol. The molecule has 0 spiro atoms. The zero-order valence-electron chi connectivity index (χ0n) is 15.6. The minimum Gasteiger partial charge on any atom is -0.454 e. The van der Waals surface area contributed by atoms with Gasteiger partial charge < -0.3 is 25.0 Å². The first-order chi connectivity index (χ1) is 13.6. The molecule has 0 aliphatic carbocycles. The number of anilines is 4. The maximum Gasteiger partial charge on any atom is 0.257 e. The van der Waals surface area contributed by atoms with E-state index in [-0.39, 0.29) is 12.7 Å². The number of carbonyl (C=O) groups is 1. The van der Waals surface area contributed by atoms with Crippen LogP contribution in [-0.4, -0.2) is 31.8 Å². The quantitative estimate of drug-likeness (QED) is 0.704. The third-order valence-corrected chi connectivity index (χ3v) is 4.31. The molecule has 1 aliphatic rings. The fraction of sp³-hybridized carbons (Fsp3) is 0.143. The summed E-state index contributed by atoms with van der Waals surface area (Å²) in [6.45, 7) is 0.235. The number of pyridine rings is 1. The second-order valence-electron chi connectivity index (χ2n) is 6.52. The van der Waals surface area contributed by atoms with Gasteiger partial charge in [-0.05, 0) is 48.5 Å². The van der Waals surface area contributed by atoms with E-state index < -0.39 is 0 Å². The SMILES string of the molecule is CN(C)c1ccc(NC(=O)c2ccc(Nc3ccc4c(c3)OCO4)nc2)cc1. The molecule has 0 radical (unpaired) electrons. The van der Waals surface area contributed by atoms with Crippen molar-refractivity contribution in [2.24, 2.45) is 0 Å². The van der Waals surface area contributed by atoms with Crippen molar-refractivity contribution in [2.45, 2.75) is 0 Å². The summed E-state index contributed by atoms with van der Waals surface area (Å²) in [5.74, 6) is 1.84. The lowest BCUT2D eigenvalue weighted by Gasteiger charge is -2.13. The Morgan fingerprint density at radius 1 is 0.964 bits per heavy atom. The zero-order valence-corrected chi connectivity index (χ0v) is 15.6. The van der Waals surface area contributed by atoms with Crippen LogP contribution in [0.1, 0.15) is 10.4 Å². The van der Waals surface area contributed by atoms with E-state index in [1.165, 1.54) is 0 Å². The second-order valence-corrected chi connectivity index (χ2v) is 6.52. The van der Waals surface area contributed by atoms with Crippen LogP contribution in [0.5, 0.6) is 11.5 Å². The van der Waals surface area contributed by atoms with E-state index >= 15 is 0 Å². The van der Waals surface area contributed by atoms with Gasteiger partial charge in [-0.25, -0.2) is 4.98 Å².